The van der Waals surface area contributed by atoms with Crippen molar-refractivity contribution in [2.45, 2.75) is 39.2 Å². The molecule has 0 radical (unpaired) electrons. The van der Waals surface area contributed by atoms with Crippen LogP contribution in [0.5, 0.6) is 0 Å². The van der Waals surface area contributed by atoms with Crippen molar-refractivity contribution in [2.24, 2.45) is 5.73 Å². The molecule has 118 valence electrons. The number of hydrogen-bond donors (Lipinski definition) is 2. The van der Waals surface area contributed by atoms with Crippen LogP contribution in [0.2, 0.25) is 0 Å². The third-order valence-electron chi connectivity index (χ3n) is 3.51. The molecule has 0 spiro atoms. The molecule has 21 heavy (non-hydrogen) atoms. The van der Waals surface area contributed by atoms with Crippen molar-refractivity contribution < 1.29 is 9.18 Å². The highest BCUT2D eigenvalue weighted by Crippen LogP contribution is 2.18. The summed E-state index contributed by atoms with van der Waals surface area (Å²) < 4.78 is 13.9. The molecule has 0 aliphatic rings. The summed E-state index contributed by atoms with van der Waals surface area (Å²) in [6.45, 7) is 5.30. The van der Waals surface area contributed by atoms with Gasteiger partial charge in [0, 0.05) is 12.6 Å². The number of nitrogens with two attached hydrogens (primary N) is 1. The molecule has 1 aromatic carbocycles. The van der Waals surface area contributed by atoms with Gasteiger partial charge < -0.3 is 16.0 Å². The molecule has 4 nitrogen and oxygen atoms in total. The Kier molecular flexibility index (Phi) is 7.75. The lowest BCUT2D eigenvalue weighted by atomic mass is 10.1. The summed E-state index contributed by atoms with van der Waals surface area (Å²) >= 11 is 0. The smallest absolute Gasteiger partial charge is 0.239 e. The number of carbonyl (C=O) groups excluding carboxylic acids is 1. The third-order valence-corrected chi connectivity index (χ3v) is 3.51. The molecule has 0 heterocycles. The maximum absolute atomic E-state index is 13.9. The Labute approximate surface area is 126 Å². The average molecular weight is 295 g/mol. The van der Waals surface area contributed by atoms with Crippen LogP contribution in [0.3, 0.4) is 0 Å². The van der Waals surface area contributed by atoms with E-state index in [0.29, 0.717) is 25.2 Å². The molecular weight excluding hydrogens is 269 g/mol. The quantitative estimate of drug-likeness (QED) is 0.735. The molecule has 0 fully saturated rings. The lowest BCUT2D eigenvalue weighted by Gasteiger charge is -2.25. The number of benzene rings is 1. The highest BCUT2D eigenvalue weighted by atomic mass is 19.1. The Morgan fingerprint density at radius 3 is 2.57 bits per heavy atom. The summed E-state index contributed by atoms with van der Waals surface area (Å²) in [6, 6.07) is 6.69. The van der Waals surface area contributed by atoms with E-state index in [0.717, 1.165) is 12.8 Å². The van der Waals surface area contributed by atoms with E-state index in [2.05, 4.69) is 5.32 Å². The minimum absolute atomic E-state index is 0.0797. The predicted molar refractivity (Wildman–Crippen MR) is 84.8 cm³/mol. The van der Waals surface area contributed by atoms with Gasteiger partial charge in [-0.15, -0.1) is 0 Å². The molecule has 5 heteroatoms. The number of rotatable bonds is 9. The van der Waals surface area contributed by atoms with Crippen LogP contribution in [-0.2, 0) is 4.79 Å². The lowest BCUT2D eigenvalue weighted by molar-refractivity contribution is -0.120. The number of amides is 1. The Bertz CT molecular complexity index is 435. The molecule has 1 aromatic rings. The Hall–Kier alpha value is -1.62. The first kappa shape index (κ1) is 17.4. The first-order valence-electron chi connectivity index (χ1n) is 7.61. The molecule has 0 saturated carbocycles. The molecule has 1 rings (SSSR count). The number of carbonyl (C=O) groups is 1. The van der Waals surface area contributed by atoms with Crippen LogP contribution >= 0.6 is 0 Å². The van der Waals surface area contributed by atoms with E-state index in [1.807, 2.05) is 13.8 Å². The topological polar surface area (TPSA) is 58.4 Å². The number of nitrogens with zero attached hydrogens (tertiary/aromatic N) is 1. The van der Waals surface area contributed by atoms with E-state index >= 15 is 0 Å². The lowest BCUT2D eigenvalue weighted by Crippen LogP contribution is -2.42. The zero-order valence-electron chi connectivity index (χ0n) is 12.9. The van der Waals surface area contributed by atoms with Gasteiger partial charge in [-0.2, -0.15) is 0 Å². The third kappa shape index (κ3) is 5.71. The van der Waals surface area contributed by atoms with E-state index in [1.165, 1.54) is 6.07 Å². The zero-order valence-corrected chi connectivity index (χ0v) is 12.9. The number of hydrogen-bond acceptors (Lipinski definition) is 3. The van der Waals surface area contributed by atoms with E-state index < -0.39 is 0 Å². The summed E-state index contributed by atoms with van der Waals surface area (Å²) in [5.41, 5.74) is 5.98. The summed E-state index contributed by atoms with van der Waals surface area (Å²) in [6.07, 6.45) is 2.50. The van der Waals surface area contributed by atoms with Gasteiger partial charge in [0.15, 0.2) is 0 Å². The molecule has 3 N–H and O–H groups in total. The maximum atomic E-state index is 13.9. The molecule has 0 saturated heterocycles. The van der Waals surface area contributed by atoms with Crippen molar-refractivity contribution in [3.63, 3.8) is 0 Å². The van der Waals surface area contributed by atoms with Gasteiger partial charge in [-0.25, -0.2) is 4.39 Å². The van der Waals surface area contributed by atoms with E-state index in [1.54, 1.807) is 23.1 Å². The number of anilines is 1. The van der Waals surface area contributed by atoms with Crippen molar-refractivity contribution in [2.75, 3.05) is 24.5 Å². The van der Waals surface area contributed by atoms with Crippen molar-refractivity contribution in [3.05, 3.63) is 30.1 Å². The Balaban J connectivity index is 2.74. The number of para-hydroxylation sites is 1. The first-order valence-corrected chi connectivity index (χ1v) is 7.61. The molecule has 0 aromatic heterocycles. The predicted octanol–water partition coefficient (Wildman–Crippen LogP) is 2.29. The van der Waals surface area contributed by atoms with Crippen LogP contribution in [0.15, 0.2) is 24.3 Å². The largest absolute Gasteiger partial charge is 0.360 e. The molecule has 0 aliphatic carbocycles. The molecule has 0 bridgehead atoms. The second-order valence-corrected chi connectivity index (χ2v) is 5.10. The fraction of sp³-hybridized carbons (Fsp3) is 0.562. The van der Waals surface area contributed by atoms with Crippen LogP contribution in [0.25, 0.3) is 0 Å². The standard InChI is InChI=1S/C16H26FN3O/c1-3-13(4-2)19-16(21)12-20(11-7-10-18)15-9-6-5-8-14(15)17/h5-6,8-9,13H,3-4,7,10-12,18H2,1-2H3,(H,19,21). The van der Waals surface area contributed by atoms with Gasteiger partial charge in [-0.3, -0.25) is 4.79 Å². The molecule has 0 aliphatic heterocycles. The van der Waals surface area contributed by atoms with E-state index in [9.17, 15) is 9.18 Å². The fourth-order valence-corrected chi connectivity index (χ4v) is 2.21. The monoisotopic (exact) mass is 295 g/mol. The summed E-state index contributed by atoms with van der Waals surface area (Å²) in [4.78, 5) is 13.9. The average Bonchev–Trinajstić information content (AvgIpc) is 2.49. The van der Waals surface area contributed by atoms with Crippen LogP contribution in [0, 0.1) is 5.82 Å². The van der Waals surface area contributed by atoms with Gasteiger partial charge in [-0.05, 0) is 37.9 Å². The van der Waals surface area contributed by atoms with E-state index in [4.69, 9.17) is 5.73 Å². The van der Waals surface area contributed by atoms with Crippen molar-refractivity contribution in [3.8, 4) is 0 Å². The second-order valence-electron chi connectivity index (χ2n) is 5.10. The maximum Gasteiger partial charge on any atom is 0.239 e. The van der Waals surface area contributed by atoms with Gasteiger partial charge >= 0.3 is 0 Å². The minimum Gasteiger partial charge on any atom is -0.360 e. The van der Waals surface area contributed by atoms with Crippen LogP contribution < -0.4 is 16.0 Å². The Morgan fingerprint density at radius 2 is 2.00 bits per heavy atom. The summed E-state index contributed by atoms with van der Waals surface area (Å²) in [5.74, 6) is -0.395. The van der Waals surface area contributed by atoms with Crippen molar-refractivity contribution in [1.29, 1.82) is 0 Å². The van der Waals surface area contributed by atoms with Crippen molar-refractivity contribution in [1.82, 2.24) is 5.32 Å². The summed E-state index contributed by atoms with van der Waals surface area (Å²) in [5, 5.41) is 2.98. The van der Waals surface area contributed by atoms with Crippen LogP contribution in [0.4, 0.5) is 10.1 Å². The number of halogens is 1. The number of nitrogens with one attached hydrogen (secondary N) is 1. The van der Waals surface area contributed by atoms with Crippen LogP contribution in [-0.4, -0.2) is 31.6 Å². The minimum atomic E-state index is -0.315. The second kappa shape index (κ2) is 9.34. The first-order chi connectivity index (χ1) is 10.1. The van der Waals surface area contributed by atoms with Gasteiger partial charge in [-0.1, -0.05) is 26.0 Å². The van der Waals surface area contributed by atoms with Gasteiger partial charge in [0.2, 0.25) is 5.91 Å². The SMILES string of the molecule is CCC(CC)NC(=O)CN(CCCN)c1ccccc1F. The van der Waals surface area contributed by atoms with Crippen molar-refractivity contribution >= 4 is 11.6 Å². The van der Waals surface area contributed by atoms with Gasteiger partial charge in [0.25, 0.3) is 0 Å². The molecule has 0 unspecified atom stereocenters. The van der Waals surface area contributed by atoms with Crippen LogP contribution in [0.1, 0.15) is 33.1 Å². The summed E-state index contributed by atoms with van der Waals surface area (Å²) in [7, 11) is 0. The highest BCUT2D eigenvalue weighted by molar-refractivity contribution is 5.81. The van der Waals surface area contributed by atoms with Gasteiger partial charge in [0.05, 0.1) is 12.2 Å². The molecule has 0 atom stereocenters. The van der Waals surface area contributed by atoms with Gasteiger partial charge in [0.1, 0.15) is 5.82 Å². The normalized spacial score (nSPS) is 10.7. The fourth-order valence-electron chi connectivity index (χ4n) is 2.21. The zero-order chi connectivity index (χ0) is 15.7. The molecule has 1 amide bonds. The van der Waals surface area contributed by atoms with E-state index in [-0.39, 0.29) is 24.3 Å². The highest BCUT2D eigenvalue weighted by Gasteiger charge is 2.16. The Morgan fingerprint density at radius 1 is 1.33 bits per heavy atom. The molecular formula is C16H26FN3O.